The average Bonchev–Trinajstić information content (AvgIpc) is 2.30. The van der Waals surface area contributed by atoms with Gasteiger partial charge < -0.3 is 0 Å². The molecule has 80 valence electrons. The van der Waals surface area contributed by atoms with Crippen LogP contribution in [0.3, 0.4) is 0 Å². The summed E-state index contributed by atoms with van der Waals surface area (Å²) < 4.78 is 59.6. The third-order valence-corrected chi connectivity index (χ3v) is 3.30. The SMILES string of the molecule is Cc1n(S(=O)(=O)C(F)(F)F)cc[n+]1C. The van der Waals surface area contributed by atoms with E-state index in [0.29, 0.717) is 0 Å². The van der Waals surface area contributed by atoms with Crippen LogP contribution in [0.5, 0.6) is 0 Å². The number of aromatic nitrogens is 2. The van der Waals surface area contributed by atoms with Gasteiger partial charge in [-0.3, -0.25) is 0 Å². The molecule has 0 aromatic carbocycles. The number of hydrogen-bond donors (Lipinski definition) is 0. The van der Waals surface area contributed by atoms with Crippen LogP contribution in [0, 0.1) is 6.92 Å². The Hall–Kier alpha value is -1.05. The number of alkyl halides is 3. The lowest BCUT2D eigenvalue weighted by Gasteiger charge is -2.04. The molecule has 0 atom stereocenters. The van der Waals surface area contributed by atoms with Crippen molar-refractivity contribution >= 4 is 10.0 Å². The van der Waals surface area contributed by atoms with Gasteiger partial charge in [-0.2, -0.15) is 21.6 Å². The second-order valence-corrected chi connectivity index (χ2v) is 4.51. The van der Waals surface area contributed by atoms with Gasteiger partial charge in [0, 0.05) is 6.92 Å². The molecule has 1 aromatic heterocycles. The summed E-state index contributed by atoms with van der Waals surface area (Å²) in [5.74, 6) is -0.0117. The van der Waals surface area contributed by atoms with Gasteiger partial charge in [-0.1, -0.05) is 0 Å². The van der Waals surface area contributed by atoms with E-state index in [2.05, 4.69) is 0 Å². The van der Waals surface area contributed by atoms with E-state index in [9.17, 15) is 21.6 Å². The van der Waals surface area contributed by atoms with Crippen molar-refractivity contribution in [3.8, 4) is 0 Å². The molecule has 0 radical (unpaired) electrons. The molecule has 0 saturated heterocycles. The van der Waals surface area contributed by atoms with E-state index in [0.717, 1.165) is 6.20 Å². The molecule has 0 saturated carbocycles. The van der Waals surface area contributed by atoms with E-state index in [-0.39, 0.29) is 9.80 Å². The molecule has 8 heteroatoms. The first-order chi connectivity index (χ1) is 6.18. The number of imidazole rings is 1. The first kappa shape index (κ1) is 11.0. The van der Waals surface area contributed by atoms with Crippen molar-refractivity contribution < 1.29 is 26.2 Å². The summed E-state index contributed by atoms with van der Waals surface area (Å²) in [6.45, 7) is 1.28. The van der Waals surface area contributed by atoms with Crippen molar-refractivity contribution in [3.05, 3.63) is 18.2 Å². The number of aryl methyl sites for hydroxylation is 1. The van der Waals surface area contributed by atoms with Crippen LogP contribution in [0.1, 0.15) is 5.82 Å². The van der Waals surface area contributed by atoms with Crippen molar-refractivity contribution in [2.45, 2.75) is 12.4 Å². The Balaban J connectivity index is 3.39. The molecule has 0 fully saturated rings. The van der Waals surface area contributed by atoms with Crippen LogP contribution in [0.25, 0.3) is 0 Å². The number of nitrogens with zero attached hydrogens (tertiary/aromatic N) is 2. The Kier molecular flexibility index (Phi) is 2.34. The van der Waals surface area contributed by atoms with Crippen LogP contribution in [-0.2, 0) is 17.1 Å². The van der Waals surface area contributed by atoms with E-state index in [1.54, 1.807) is 0 Å². The molecule has 1 aromatic rings. The molecule has 0 aliphatic carbocycles. The Morgan fingerprint density at radius 2 is 1.93 bits per heavy atom. The molecule has 1 heterocycles. The van der Waals surface area contributed by atoms with Gasteiger partial charge in [0.2, 0.25) is 0 Å². The maximum atomic E-state index is 12.1. The van der Waals surface area contributed by atoms with Gasteiger partial charge >= 0.3 is 15.5 Å². The highest BCUT2D eigenvalue weighted by molar-refractivity contribution is 7.90. The van der Waals surface area contributed by atoms with Crippen molar-refractivity contribution in [1.82, 2.24) is 3.97 Å². The largest absolute Gasteiger partial charge is 0.537 e. The van der Waals surface area contributed by atoms with Gasteiger partial charge in [0.25, 0.3) is 5.82 Å². The van der Waals surface area contributed by atoms with Crippen molar-refractivity contribution in [2.75, 3.05) is 0 Å². The smallest absolute Gasteiger partial charge is 0.236 e. The van der Waals surface area contributed by atoms with Gasteiger partial charge in [0.1, 0.15) is 12.4 Å². The molecule has 0 amide bonds. The summed E-state index contributed by atoms with van der Waals surface area (Å²) in [5, 5.41) is 0. The number of hydrogen-bond acceptors (Lipinski definition) is 2. The fourth-order valence-corrected chi connectivity index (χ4v) is 1.81. The normalized spacial score (nSPS) is 13.2. The van der Waals surface area contributed by atoms with Crippen LogP contribution >= 0.6 is 0 Å². The monoisotopic (exact) mass is 229 g/mol. The molecule has 0 unspecified atom stereocenters. The summed E-state index contributed by atoms with van der Waals surface area (Å²) in [4.78, 5) is 0. The van der Waals surface area contributed by atoms with Crippen molar-refractivity contribution in [2.24, 2.45) is 7.05 Å². The molecular weight excluding hydrogens is 221 g/mol. The van der Waals surface area contributed by atoms with Gasteiger partial charge in [-0.05, 0) is 0 Å². The molecule has 0 aliphatic heterocycles. The molecule has 1 rings (SSSR count). The zero-order valence-corrected chi connectivity index (χ0v) is 8.22. The van der Waals surface area contributed by atoms with Gasteiger partial charge in [-0.25, -0.2) is 4.57 Å². The van der Waals surface area contributed by atoms with Crippen molar-refractivity contribution in [3.63, 3.8) is 0 Å². The zero-order chi connectivity index (χ0) is 11.1. The summed E-state index contributed by atoms with van der Waals surface area (Å²) >= 11 is 0. The highest BCUT2D eigenvalue weighted by Gasteiger charge is 2.52. The maximum Gasteiger partial charge on any atom is 0.537 e. The zero-order valence-electron chi connectivity index (χ0n) is 7.41. The Morgan fingerprint density at radius 3 is 2.21 bits per heavy atom. The van der Waals surface area contributed by atoms with E-state index in [4.69, 9.17) is 0 Å². The van der Waals surface area contributed by atoms with Crippen LogP contribution in [0.4, 0.5) is 13.2 Å². The quantitative estimate of drug-likeness (QED) is 0.651. The Morgan fingerprint density at radius 1 is 1.43 bits per heavy atom. The molecule has 4 nitrogen and oxygen atoms in total. The van der Waals surface area contributed by atoms with Gasteiger partial charge in [0.15, 0.2) is 0 Å². The molecule has 0 spiro atoms. The van der Waals surface area contributed by atoms with Crippen LogP contribution in [-0.4, -0.2) is 17.9 Å². The Bertz CT molecular complexity index is 446. The third kappa shape index (κ3) is 1.49. The fourth-order valence-electron chi connectivity index (χ4n) is 0.897. The highest BCUT2D eigenvalue weighted by atomic mass is 32.2. The van der Waals surface area contributed by atoms with Crippen LogP contribution in [0.15, 0.2) is 12.4 Å². The molecule has 0 aliphatic rings. The first-order valence-electron chi connectivity index (χ1n) is 3.53. The topological polar surface area (TPSA) is 43.0 Å². The predicted molar refractivity (Wildman–Crippen MR) is 40.7 cm³/mol. The maximum absolute atomic E-state index is 12.1. The lowest BCUT2D eigenvalue weighted by molar-refractivity contribution is -0.676. The third-order valence-electron chi connectivity index (χ3n) is 1.81. The minimum atomic E-state index is -5.29. The van der Waals surface area contributed by atoms with Crippen molar-refractivity contribution in [1.29, 1.82) is 0 Å². The second-order valence-electron chi connectivity index (χ2n) is 2.70. The fraction of sp³-hybridized carbons (Fsp3) is 0.500. The summed E-state index contributed by atoms with van der Waals surface area (Å²) in [6.07, 6.45) is 2.09. The standard InChI is InChI=1S/C6H8F3N2O2S/c1-5-10(2)3-4-11(5)14(12,13)6(7,8)9/h3-4H,1-2H3/q+1. The lowest BCUT2D eigenvalue weighted by atomic mass is 10.7. The Labute approximate surface area is 78.6 Å². The first-order valence-corrected chi connectivity index (χ1v) is 4.97. The predicted octanol–water partition coefficient (Wildman–Crippen LogP) is 0.319. The van der Waals surface area contributed by atoms with Gasteiger partial charge in [0.05, 0.1) is 7.05 Å². The number of halogens is 3. The molecular formula is C6H8F3N2O2S+. The molecule has 0 bridgehead atoms. The van der Waals surface area contributed by atoms with E-state index in [1.165, 1.54) is 24.7 Å². The lowest BCUT2D eigenvalue weighted by Crippen LogP contribution is -2.35. The van der Waals surface area contributed by atoms with Gasteiger partial charge in [-0.15, -0.1) is 3.97 Å². The molecule has 14 heavy (non-hydrogen) atoms. The minimum Gasteiger partial charge on any atom is -0.236 e. The summed E-state index contributed by atoms with van der Waals surface area (Å²) in [5.41, 5.74) is -5.27. The second kappa shape index (κ2) is 2.97. The van der Waals surface area contributed by atoms with E-state index in [1.807, 2.05) is 0 Å². The summed E-state index contributed by atoms with van der Waals surface area (Å²) in [7, 11) is -3.83. The average molecular weight is 229 g/mol. The van der Waals surface area contributed by atoms with E-state index < -0.39 is 15.5 Å². The summed E-state index contributed by atoms with van der Waals surface area (Å²) in [6, 6.07) is 0. The van der Waals surface area contributed by atoms with Crippen LogP contribution in [0.2, 0.25) is 0 Å². The highest BCUT2D eigenvalue weighted by Crippen LogP contribution is 2.25. The molecule has 0 N–H and O–H groups in total. The van der Waals surface area contributed by atoms with E-state index >= 15 is 0 Å². The van der Waals surface area contributed by atoms with Crippen LogP contribution < -0.4 is 4.57 Å². The minimum absolute atomic E-state index is 0.0117. The number of rotatable bonds is 1.